The zero-order valence-electron chi connectivity index (χ0n) is 20.1. The first-order valence-corrected chi connectivity index (χ1v) is 14.5. The summed E-state index contributed by atoms with van der Waals surface area (Å²) in [5.74, 6) is -0.842. The van der Waals surface area contributed by atoms with Gasteiger partial charge in [0, 0.05) is 27.1 Å². The lowest BCUT2D eigenvalue weighted by molar-refractivity contribution is -0.140. The zero-order valence-corrected chi connectivity index (χ0v) is 24.0. The van der Waals surface area contributed by atoms with Crippen LogP contribution in [0.15, 0.2) is 46.9 Å². The van der Waals surface area contributed by atoms with Crippen molar-refractivity contribution in [2.24, 2.45) is 0 Å². The monoisotopic (exact) mass is 605 g/mol. The van der Waals surface area contributed by atoms with Crippen LogP contribution >= 0.6 is 39.1 Å². The molecule has 1 N–H and O–H groups in total. The minimum absolute atomic E-state index is 0.0131. The molecule has 2 amide bonds. The van der Waals surface area contributed by atoms with Crippen molar-refractivity contribution in [2.45, 2.75) is 52.2 Å². The van der Waals surface area contributed by atoms with Crippen molar-refractivity contribution in [1.82, 2.24) is 10.2 Å². The quantitative estimate of drug-likeness (QED) is 0.379. The lowest BCUT2D eigenvalue weighted by atomic mass is 10.1. The molecule has 0 unspecified atom stereocenters. The molecule has 2 atom stereocenters. The van der Waals surface area contributed by atoms with E-state index in [4.69, 9.17) is 23.2 Å². The molecular weight excluding hydrogens is 577 g/mol. The van der Waals surface area contributed by atoms with E-state index < -0.39 is 28.5 Å². The summed E-state index contributed by atoms with van der Waals surface area (Å²) in [5, 5.41) is 3.71. The molecule has 2 rings (SSSR count). The van der Waals surface area contributed by atoms with Gasteiger partial charge in [-0.15, -0.1) is 0 Å². The normalized spacial score (nSPS) is 13.1. The maximum atomic E-state index is 13.6. The molecule has 192 valence electrons. The summed E-state index contributed by atoms with van der Waals surface area (Å²) < 4.78 is 27.0. The predicted octanol–water partition coefficient (Wildman–Crippen LogP) is 5.24. The van der Waals surface area contributed by atoms with Gasteiger partial charge in [-0.1, -0.05) is 59.0 Å². The summed E-state index contributed by atoms with van der Waals surface area (Å²) in [7, 11) is -3.80. The standard InChI is InChI=1S/C24H30BrCl2N3O4S/c1-5-16(3)28-24(32)22(6-2)29(14-17-7-10-19(26)13-21(17)27)23(31)15-30(35(4,33)34)20-11-8-18(25)9-12-20/h7-13,16,22H,5-6,14-15H2,1-4H3,(H,28,32)/t16-,22-/m0/s1. The number of halogens is 3. The zero-order chi connectivity index (χ0) is 26.3. The van der Waals surface area contributed by atoms with Crippen LogP contribution in [0.3, 0.4) is 0 Å². The fourth-order valence-corrected chi connectivity index (χ4v) is 5.00. The topological polar surface area (TPSA) is 86.8 Å². The minimum atomic E-state index is -3.80. The summed E-state index contributed by atoms with van der Waals surface area (Å²) in [6, 6.07) is 10.6. The summed E-state index contributed by atoms with van der Waals surface area (Å²) in [6.45, 7) is 5.17. The molecule has 0 bridgehead atoms. The smallest absolute Gasteiger partial charge is 0.244 e. The Labute approximate surface area is 225 Å². The van der Waals surface area contributed by atoms with E-state index in [1.54, 1.807) is 49.4 Å². The number of nitrogens with zero attached hydrogens (tertiary/aromatic N) is 2. The van der Waals surface area contributed by atoms with E-state index in [1.165, 1.54) is 4.90 Å². The number of benzene rings is 2. The highest BCUT2D eigenvalue weighted by Crippen LogP contribution is 2.25. The van der Waals surface area contributed by atoms with Crippen molar-refractivity contribution >= 4 is 66.7 Å². The van der Waals surface area contributed by atoms with Gasteiger partial charge in [0.1, 0.15) is 12.6 Å². The third kappa shape index (κ3) is 8.37. The van der Waals surface area contributed by atoms with Gasteiger partial charge in [0.05, 0.1) is 11.9 Å². The second kappa shape index (κ2) is 12.9. The van der Waals surface area contributed by atoms with Crippen molar-refractivity contribution in [3.8, 4) is 0 Å². The molecule has 2 aromatic rings. The van der Waals surface area contributed by atoms with Gasteiger partial charge in [-0.05, 0) is 61.7 Å². The van der Waals surface area contributed by atoms with Crippen molar-refractivity contribution in [3.05, 3.63) is 62.5 Å². The van der Waals surface area contributed by atoms with E-state index in [-0.39, 0.29) is 18.5 Å². The summed E-state index contributed by atoms with van der Waals surface area (Å²) in [4.78, 5) is 28.1. The van der Waals surface area contributed by atoms with E-state index in [0.717, 1.165) is 21.5 Å². The third-order valence-electron chi connectivity index (χ3n) is 5.54. The lowest BCUT2D eigenvalue weighted by Gasteiger charge is -2.33. The molecule has 0 heterocycles. The highest BCUT2D eigenvalue weighted by molar-refractivity contribution is 9.10. The minimum Gasteiger partial charge on any atom is -0.352 e. The molecule has 0 aliphatic rings. The van der Waals surface area contributed by atoms with Gasteiger partial charge in [-0.2, -0.15) is 0 Å². The highest BCUT2D eigenvalue weighted by Gasteiger charge is 2.32. The first-order valence-electron chi connectivity index (χ1n) is 11.1. The molecule has 2 aromatic carbocycles. The largest absolute Gasteiger partial charge is 0.352 e. The Hall–Kier alpha value is -1.81. The van der Waals surface area contributed by atoms with E-state index >= 15 is 0 Å². The molecule has 7 nitrogen and oxygen atoms in total. The van der Waals surface area contributed by atoms with E-state index in [9.17, 15) is 18.0 Å². The molecular formula is C24H30BrCl2N3O4S. The van der Waals surface area contributed by atoms with Crippen molar-refractivity contribution in [1.29, 1.82) is 0 Å². The van der Waals surface area contributed by atoms with Crippen LogP contribution in [0, 0.1) is 0 Å². The number of hydrogen-bond donors (Lipinski definition) is 1. The van der Waals surface area contributed by atoms with Gasteiger partial charge in [0.25, 0.3) is 0 Å². The van der Waals surface area contributed by atoms with E-state index in [1.807, 2.05) is 13.8 Å². The van der Waals surface area contributed by atoms with E-state index in [2.05, 4.69) is 21.2 Å². The SMILES string of the molecule is CC[C@H](C)NC(=O)[C@H](CC)N(Cc1ccc(Cl)cc1Cl)C(=O)CN(c1ccc(Br)cc1)S(C)(=O)=O. The fourth-order valence-electron chi connectivity index (χ4n) is 3.42. The molecule has 0 aliphatic carbocycles. The van der Waals surface area contributed by atoms with Gasteiger partial charge in [-0.3, -0.25) is 13.9 Å². The predicted molar refractivity (Wildman–Crippen MR) is 145 cm³/mol. The Morgan fingerprint density at radius 3 is 2.20 bits per heavy atom. The van der Waals surface area contributed by atoms with Gasteiger partial charge in [0.2, 0.25) is 21.8 Å². The van der Waals surface area contributed by atoms with Gasteiger partial charge >= 0.3 is 0 Å². The third-order valence-corrected chi connectivity index (χ3v) is 7.79. The first-order chi connectivity index (χ1) is 16.4. The number of rotatable bonds is 11. The first kappa shape index (κ1) is 29.4. The van der Waals surface area contributed by atoms with Gasteiger partial charge in [0.15, 0.2) is 0 Å². The number of hydrogen-bond acceptors (Lipinski definition) is 4. The molecule has 0 radical (unpaired) electrons. The molecule has 0 spiro atoms. The maximum Gasteiger partial charge on any atom is 0.244 e. The van der Waals surface area contributed by atoms with Crippen LogP contribution in [0.1, 0.15) is 39.2 Å². The molecule has 0 aliphatic heterocycles. The van der Waals surface area contributed by atoms with Gasteiger partial charge in [-0.25, -0.2) is 8.42 Å². The van der Waals surface area contributed by atoms with Crippen molar-refractivity contribution in [3.63, 3.8) is 0 Å². The Bertz CT molecular complexity index is 1150. The number of amides is 2. The average molecular weight is 607 g/mol. The molecule has 11 heteroatoms. The molecule has 0 saturated carbocycles. The van der Waals surface area contributed by atoms with Crippen LogP contribution in [0.25, 0.3) is 0 Å². The Balaban J connectivity index is 2.46. The van der Waals surface area contributed by atoms with Crippen LogP contribution in [-0.2, 0) is 26.2 Å². The number of sulfonamides is 1. The summed E-state index contributed by atoms with van der Waals surface area (Å²) in [6.07, 6.45) is 2.09. The Kier molecular flexibility index (Phi) is 10.9. The van der Waals surface area contributed by atoms with Crippen molar-refractivity contribution in [2.75, 3.05) is 17.1 Å². The second-order valence-electron chi connectivity index (χ2n) is 8.25. The Morgan fingerprint density at radius 1 is 1.06 bits per heavy atom. The van der Waals surface area contributed by atoms with Crippen LogP contribution in [0.5, 0.6) is 0 Å². The van der Waals surface area contributed by atoms with Gasteiger partial charge < -0.3 is 10.2 Å². The number of nitrogens with one attached hydrogen (secondary N) is 1. The number of carbonyl (C=O) groups is 2. The molecule has 0 saturated heterocycles. The summed E-state index contributed by atoms with van der Waals surface area (Å²) in [5.41, 5.74) is 0.930. The van der Waals surface area contributed by atoms with Crippen LogP contribution in [0.4, 0.5) is 5.69 Å². The molecule has 0 aromatic heterocycles. The number of carbonyl (C=O) groups excluding carboxylic acids is 2. The van der Waals surface area contributed by atoms with Crippen LogP contribution in [0.2, 0.25) is 10.0 Å². The highest BCUT2D eigenvalue weighted by atomic mass is 79.9. The maximum absolute atomic E-state index is 13.6. The summed E-state index contributed by atoms with van der Waals surface area (Å²) >= 11 is 15.7. The van der Waals surface area contributed by atoms with Crippen LogP contribution in [-0.4, -0.2) is 50.0 Å². The molecule has 35 heavy (non-hydrogen) atoms. The average Bonchev–Trinajstić information content (AvgIpc) is 2.78. The molecule has 0 fully saturated rings. The van der Waals surface area contributed by atoms with E-state index in [0.29, 0.717) is 27.7 Å². The lowest BCUT2D eigenvalue weighted by Crippen LogP contribution is -2.53. The number of anilines is 1. The second-order valence-corrected chi connectivity index (χ2v) is 11.9. The van der Waals surface area contributed by atoms with Crippen LogP contribution < -0.4 is 9.62 Å². The fraction of sp³-hybridized carbons (Fsp3) is 0.417. The Morgan fingerprint density at radius 2 is 1.69 bits per heavy atom. The van der Waals surface area contributed by atoms with Crippen molar-refractivity contribution < 1.29 is 18.0 Å².